The van der Waals surface area contributed by atoms with Gasteiger partial charge < -0.3 is 9.64 Å². The van der Waals surface area contributed by atoms with E-state index < -0.39 is 0 Å². The molecule has 14 heavy (non-hydrogen) atoms. The van der Waals surface area contributed by atoms with Gasteiger partial charge in [-0.25, -0.2) is 4.79 Å². The Kier molecular flexibility index (Phi) is 3.91. The molecule has 0 aliphatic rings. The minimum absolute atomic E-state index is 0.302. The smallest absolute Gasteiger partial charge is 0.409 e. The van der Waals surface area contributed by atoms with Crippen LogP contribution in [0.5, 0.6) is 0 Å². The van der Waals surface area contributed by atoms with E-state index in [4.69, 9.17) is 0 Å². The van der Waals surface area contributed by atoms with Crippen LogP contribution in [0, 0.1) is 0 Å². The van der Waals surface area contributed by atoms with Gasteiger partial charge in [-0.1, -0.05) is 0 Å². The maximum Gasteiger partial charge on any atom is 0.409 e. The lowest BCUT2D eigenvalue weighted by Crippen LogP contribution is -2.29. The van der Waals surface area contributed by atoms with Crippen LogP contribution in [-0.2, 0) is 11.3 Å². The van der Waals surface area contributed by atoms with E-state index in [1.165, 1.54) is 7.11 Å². The molecule has 4 nitrogen and oxygen atoms in total. The predicted molar refractivity (Wildman–Crippen MR) is 52.7 cm³/mol. The van der Waals surface area contributed by atoms with Crippen molar-refractivity contribution in [3.63, 3.8) is 0 Å². The van der Waals surface area contributed by atoms with E-state index in [2.05, 4.69) is 9.72 Å². The van der Waals surface area contributed by atoms with E-state index in [0.29, 0.717) is 13.1 Å². The number of methoxy groups -OCH3 is 1. The number of carbonyl (C=O) groups is 1. The minimum atomic E-state index is -0.302. The molecule has 0 aliphatic carbocycles. The molecule has 0 spiro atoms. The first-order valence-electron chi connectivity index (χ1n) is 4.49. The van der Waals surface area contributed by atoms with Gasteiger partial charge in [0.25, 0.3) is 0 Å². The second-order valence-electron chi connectivity index (χ2n) is 2.84. The van der Waals surface area contributed by atoms with Crippen LogP contribution in [0.3, 0.4) is 0 Å². The normalized spacial score (nSPS) is 9.57. The van der Waals surface area contributed by atoms with Crippen molar-refractivity contribution in [2.24, 2.45) is 0 Å². The van der Waals surface area contributed by atoms with Gasteiger partial charge in [-0.05, 0) is 24.6 Å². The average Bonchev–Trinajstić information content (AvgIpc) is 2.26. The number of aromatic nitrogens is 1. The molecule has 0 aliphatic heterocycles. The van der Waals surface area contributed by atoms with Crippen molar-refractivity contribution < 1.29 is 9.53 Å². The first-order valence-corrected chi connectivity index (χ1v) is 4.49. The number of amides is 1. The minimum Gasteiger partial charge on any atom is -0.453 e. The summed E-state index contributed by atoms with van der Waals surface area (Å²) in [5.41, 5.74) is 1.05. The maximum atomic E-state index is 11.2. The molecule has 0 fully saturated rings. The molecule has 1 aromatic heterocycles. The van der Waals surface area contributed by atoms with Crippen LogP contribution in [-0.4, -0.2) is 29.6 Å². The van der Waals surface area contributed by atoms with Crippen LogP contribution >= 0.6 is 0 Å². The number of ether oxygens (including phenoxy) is 1. The first kappa shape index (κ1) is 10.5. The molecule has 0 aromatic carbocycles. The summed E-state index contributed by atoms with van der Waals surface area (Å²) < 4.78 is 4.65. The maximum absolute atomic E-state index is 11.2. The van der Waals surface area contributed by atoms with Gasteiger partial charge >= 0.3 is 6.09 Å². The van der Waals surface area contributed by atoms with Crippen molar-refractivity contribution in [2.75, 3.05) is 13.7 Å². The van der Waals surface area contributed by atoms with Gasteiger partial charge in [0.15, 0.2) is 0 Å². The summed E-state index contributed by atoms with van der Waals surface area (Å²) in [7, 11) is 1.39. The third-order valence-corrected chi connectivity index (χ3v) is 1.94. The van der Waals surface area contributed by atoms with E-state index in [-0.39, 0.29) is 6.09 Å². The SMILES string of the molecule is CCN(Cc1ccncc1)C(=O)OC. The summed E-state index contributed by atoms with van der Waals surface area (Å²) in [5.74, 6) is 0. The molecule has 1 heterocycles. The van der Waals surface area contributed by atoms with Gasteiger partial charge in [0.05, 0.1) is 7.11 Å². The molecule has 1 rings (SSSR count). The van der Waals surface area contributed by atoms with Crippen LogP contribution in [0.2, 0.25) is 0 Å². The fourth-order valence-electron chi connectivity index (χ4n) is 1.14. The summed E-state index contributed by atoms with van der Waals surface area (Å²) in [4.78, 5) is 16.8. The fourth-order valence-corrected chi connectivity index (χ4v) is 1.14. The number of pyridine rings is 1. The standard InChI is InChI=1S/C10H14N2O2/c1-3-12(10(13)14-2)8-9-4-6-11-7-5-9/h4-7H,3,8H2,1-2H3. The molecule has 4 heteroatoms. The highest BCUT2D eigenvalue weighted by Crippen LogP contribution is 2.03. The van der Waals surface area contributed by atoms with Crippen molar-refractivity contribution >= 4 is 6.09 Å². The Morgan fingerprint density at radius 3 is 2.64 bits per heavy atom. The Morgan fingerprint density at radius 2 is 2.14 bits per heavy atom. The van der Waals surface area contributed by atoms with E-state index in [1.54, 1.807) is 17.3 Å². The van der Waals surface area contributed by atoms with Crippen LogP contribution < -0.4 is 0 Å². The van der Waals surface area contributed by atoms with Crippen LogP contribution in [0.15, 0.2) is 24.5 Å². The summed E-state index contributed by atoms with van der Waals surface area (Å²) in [6, 6.07) is 3.76. The second kappa shape index (κ2) is 5.21. The molecule has 0 saturated heterocycles. The molecule has 0 N–H and O–H groups in total. The highest BCUT2D eigenvalue weighted by molar-refractivity contribution is 5.67. The zero-order valence-corrected chi connectivity index (χ0v) is 8.43. The molecule has 0 atom stereocenters. The van der Waals surface area contributed by atoms with Crippen molar-refractivity contribution in [1.29, 1.82) is 0 Å². The third-order valence-electron chi connectivity index (χ3n) is 1.94. The van der Waals surface area contributed by atoms with E-state index in [9.17, 15) is 4.79 Å². The number of carbonyl (C=O) groups excluding carboxylic acids is 1. The quantitative estimate of drug-likeness (QED) is 0.735. The summed E-state index contributed by atoms with van der Waals surface area (Å²) in [5, 5.41) is 0. The molecule has 0 bridgehead atoms. The lowest BCUT2D eigenvalue weighted by Gasteiger charge is -2.18. The van der Waals surface area contributed by atoms with E-state index >= 15 is 0 Å². The third kappa shape index (κ3) is 2.73. The van der Waals surface area contributed by atoms with Crippen LogP contribution in [0.1, 0.15) is 12.5 Å². The Bertz CT molecular complexity index is 287. The monoisotopic (exact) mass is 194 g/mol. The molecular weight excluding hydrogens is 180 g/mol. The summed E-state index contributed by atoms with van der Waals surface area (Å²) >= 11 is 0. The van der Waals surface area contributed by atoms with Gasteiger partial charge in [0, 0.05) is 25.5 Å². The van der Waals surface area contributed by atoms with Gasteiger partial charge in [-0.3, -0.25) is 4.98 Å². The summed E-state index contributed by atoms with van der Waals surface area (Å²) in [6.07, 6.45) is 3.12. The largest absolute Gasteiger partial charge is 0.453 e. The second-order valence-corrected chi connectivity index (χ2v) is 2.84. The Hall–Kier alpha value is -1.58. The number of hydrogen-bond donors (Lipinski definition) is 0. The van der Waals surface area contributed by atoms with Crippen LogP contribution in [0.4, 0.5) is 4.79 Å². The summed E-state index contributed by atoms with van der Waals surface area (Å²) in [6.45, 7) is 3.11. The lowest BCUT2D eigenvalue weighted by molar-refractivity contribution is 0.123. The molecule has 1 amide bonds. The van der Waals surface area contributed by atoms with Crippen molar-refractivity contribution in [3.05, 3.63) is 30.1 Å². The predicted octanol–water partition coefficient (Wildman–Crippen LogP) is 1.67. The van der Waals surface area contributed by atoms with E-state index in [0.717, 1.165) is 5.56 Å². The highest BCUT2D eigenvalue weighted by Gasteiger charge is 2.10. The lowest BCUT2D eigenvalue weighted by atomic mass is 10.2. The fraction of sp³-hybridized carbons (Fsp3) is 0.400. The Labute approximate surface area is 83.5 Å². The number of rotatable bonds is 3. The average molecular weight is 194 g/mol. The van der Waals surface area contributed by atoms with Crippen molar-refractivity contribution in [1.82, 2.24) is 9.88 Å². The molecule has 0 unspecified atom stereocenters. The van der Waals surface area contributed by atoms with Crippen molar-refractivity contribution in [2.45, 2.75) is 13.5 Å². The first-order chi connectivity index (χ1) is 6.77. The molecule has 1 aromatic rings. The van der Waals surface area contributed by atoms with Gasteiger partial charge in [0.2, 0.25) is 0 Å². The van der Waals surface area contributed by atoms with Gasteiger partial charge in [-0.2, -0.15) is 0 Å². The van der Waals surface area contributed by atoms with Gasteiger partial charge in [-0.15, -0.1) is 0 Å². The zero-order chi connectivity index (χ0) is 10.4. The highest BCUT2D eigenvalue weighted by atomic mass is 16.5. The van der Waals surface area contributed by atoms with Crippen LogP contribution in [0.25, 0.3) is 0 Å². The Balaban J connectivity index is 2.62. The van der Waals surface area contributed by atoms with Crippen molar-refractivity contribution in [3.8, 4) is 0 Å². The Morgan fingerprint density at radius 1 is 1.50 bits per heavy atom. The molecule has 76 valence electrons. The molecule has 0 saturated carbocycles. The number of hydrogen-bond acceptors (Lipinski definition) is 3. The number of nitrogens with zero attached hydrogens (tertiary/aromatic N) is 2. The van der Waals surface area contributed by atoms with Gasteiger partial charge in [0.1, 0.15) is 0 Å². The molecule has 0 radical (unpaired) electrons. The topological polar surface area (TPSA) is 42.4 Å². The molecular formula is C10H14N2O2. The zero-order valence-electron chi connectivity index (χ0n) is 8.43. The van der Waals surface area contributed by atoms with E-state index in [1.807, 2.05) is 19.1 Å².